The maximum Gasteiger partial charge on any atom is 0.215 e. The molecule has 0 aromatic heterocycles. The van der Waals surface area contributed by atoms with E-state index in [2.05, 4.69) is 4.74 Å². The van der Waals surface area contributed by atoms with E-state index in [1.54, 1.807) is 0 Å². The number of hydrogen-bond acceptors (Lipinski definition) is 4. The van der Waals surface area contributed by atoms with Crippen molar-refractivity contribution in [3.05, 3.63) is 0 Å². The second-order valence-corrected chi connectivity index (χ2v) is 1.65. The molecule has 0 saturated carbocycles. The molecule has 0 N–H and O–H groups in total. The third-order valence-electron chi connectivity index (χ3n) is 0.997. The summed E-state index contributed by atoms with van der Waals surface area (Å²) in [6, 6.07) is 0. The van der Waals surface area contributed by atoms with Crippen molar-refractivity contribution < 1.29 is 19.1 Å². The quantitative estimate of drug-likeness (QED) is 0.456. The van der Waals surface area contributed by atoms with Crippen molar-refractivity contribution in [1.29, 1.82) is 0 Å². The second-order valence-electron chi connectivity index (χ2n) is 1.65. The zero-order valence-electron chi connectivity index (χ0n) is 4.65. The molecule has 0 spiro atoms. The van der Waals surface area contributed by atoms with E-state index in [0.717, 1.165) is 0 Å². The molecule has 0 amide bonds. The minimum atomic E-state index is -0.833. The van der Waals surface area contributed by atoms with Crippen molar-refractivity contribution in [3.63, 3.8) is 0 Å². The molecule has 1 saturated heterocycles. The Balaban J connectivity index is 2.36. The molecule has 0 aromatic rings. The van der Waals surface area contributed by atoms with Gasteiger partial charge >= 0.3 is 0 Å². The van der Waals surface area contributed by atoms with E-state index >= 15 is 0 Å². The molecular weight excluding hydrogens is 124 g/mol. The Kier molecular flexibility index (Phi) is 1.92. The summed E-state index contributed by atoms with van der Waals surface area (Å²) in [6.07, 6.45) is -0.257. The molecule has 0 bridgehead atoms. The number of carbonyl (C=O) groups is 2. The van der Waals surface area contributed by atoms with Crippen LogP contribution in [0.2, 0.25) is 0 Å². The van der Waals surface area contributed by atoms with Crippen LogP contribution in [0.1, 0.15) is 0 Å². The molecule has 0 aromatic carbocycles. The molecule has 0 radical (unpaired) electrons. The fourth-order valence-corrected chi connectivity index (χ4v) is 0.583. The molecule has 4 heteroatoms. The Labute approximate surface area is 51.7 Å². The number of rotatable bonds is 2. The molecule has 1 rings (SSSR count). The minimum Gasteiger partial charge on any atom is -0.343 e. The van der Waals surface area contributed by atoms with E-state index in [9.17, 15) is 9.59 Å². The first kappa shape index (κ1) is 6.38. The zero-order chi connectivity index (χ0) is 6.69. The Hall–Kier alpha value is -0.740. The average molecular weight is 130 g/mol. The van der Waals surface area contributed by atoms with Gasteiger partial charge in [-0.2, -0.15) is 0 Å². The van der Waals surface area contributed by atoms with Crippen molar-refractivity contribution in [2.75, 3.05) is 6.61 Å². The van der Waals surface area contributed by atoms with E-state index < -0.39 is 12.4 Å². The zero-order valence-corrected chi connectivity index (χ0v) is 4.65. The number of hydrogen-bond donors (Lipinski definition) is 0. The lowest BCUT2D eigenvalue weighted by Crippen LogP contribution is -2.13. The number of aldehydes is 2. The van der Waals surface area contributed by atoms with Crippen LogP contribution in [-0.4, -0.2) is 31.6 Å². The van der Waals surface area contributed by atoms with E-state index in [1.807, 2.05) is 0 Å². The first-order valence-electron chi connectivity index (χ1n) is 2.54. The number of ether oxygens (including phenoxy) is 2. The molecule has 1 aliphatic heterocycles. The minimum absolute atomic E-state index is 0.187. The van der Waals surface area contributed by atoms with E-state index in [1.165, 1.54) is 0 Å². The van der Waals surface area contributed by atoms with Gasteiger partial charge in [0.1, 0.15) is 6.10 Å². The largest absolute Gasteiger partial charge is 0.343 e. The molecule has 0 aliphatic carbocycles. The van der Waals surface area contributed by atoms with Gasteiger partial charge in [-0.1, -0.05) is 0 Å². The molecule has 4 nitrogen and oxygen atoms in total. The van der Waals surface area contributed by atoms with Gasteiger partial charge in [0, 0.05) is 0 Å². The Morgan fingerprint density at radius 3 is 2.44 bits per heavy atom. The van der Waals surface area contributed by atoms with Crippen LogP contribution in [-0.2, 0) is 19.1 Å². The fraction of sp³-hybridized carbons (Fsp3) is 0.600. The molecule has 2 atom stereocenters. The van der Waals surface area contributed by atoms with Crippen molar-refractivity contribution in [2.24, 2.45) is 0 Å². The van der Waals surface area contributed by atoms with Crippen molar-refractivity contribution in [1.82, 2.24) is 0 Å². The Bertz CT molecular complexity index is 108. The van der Waals surface area contributed by atoms with Crippen LogP contribution in [0.4, 0.5) is 0 Å². The van der Waals surface area contributed by atoms with Crippen LogP contribution in [0.15, 0.2) is 0 Å². The lowest BCUT2D eigenvalue weighted by atomic mass is 10.4. The molecule has 50 valence electrons. The highest BCUT2D eigenvalue weighted by atomic mass is 16.7. The molecule has 1 heterocycles. The first-order chi connectivity index (χ1) is 4.36. The van der Waals surface area contributed by atoms with Crippen molar-refractivity contribution in [2.45, 2.75) is 12.4 Å². The highest BCUT2D eigenvalue weighted by molar-refractivity contribution is 5.60. The summed E-state index contributed by atoms with van der Waals surface area (Å²) >= 11 is 0. The van der Waals surface area contributed by atoms with Crippen LogP contribution in [0.3, 0.4) is 0 Å². The molecule has 0 unspecified atom stereocenters. The molecule has 1 fully saturated rings. The van der Waals surface area contributed by atoms with E-state index in [4.69, 9.17) is 4.74 Å². The third-order valence-corrected chi connectivity index (χ3v) is 0.997. The fourth-order valence-electron chi connectivity index (χ4n) is 0.583. The summed E-state index contributed by atoms with van der Waals surface area (Å²) in [6.45, 7) is 0.187. The van der Waals surface area contributed by atoms with Gasteiger partial charge in [-0.25, -0.2) is 0 Å². The summed E-state index contributed by atoms with van der Waals surface area (Å²) in [5, 5.41) is 0. The highest BCUT2D eigenvalue weighted by Gasteiger charge is 2.24. The molecular formula is C5H6O4. The number of carbonyl (C=O) groups excluding carboxylic acids is 2. The predicted octanol–water partition coefficient (Wildman–Crippen LogP) is -0.874. The summed E-state index contributed by atoms with van der Waals surface area (Å²) in [5.74, 6) is 0. The average Bonchev–Trinajstić information content (AvgIpc) is 2.34. The van der Waals surface area contributed by atoms with Gasteiger partial charge in [0.15, 0.2) is 12.6 Å². The summed E-state index contributed by atoms with van der Waals surface area (Å²) in [5.41, 5.74) is 0. The van der Waals surface area contributed by atoms with Crippen LogP contribution in [0.5, 0.6) is 0 Å². The van der Waals surface area contributed by atoms with Crippen LogP contribution in [0.25, 0.3) is 0 Å². The first-order valence-corrected chi connectivity index (χ1v) is 2.54. The monoisotopic (exact) mass is 130 g/mol. The summed E-state index contributed by atoms with van der Waals surface area (Å²) in [4.78, 5) is 19.9. The van der Waals surface area contributed by atoms with Crippen molar-refractivity contribution >= 4 is 12.6 Å². The van der Waals surface area contributed by atoms with Crippen LogP contribution in [0, 0.1) is 0 Å². The van der Waals surface area contributed by atoms with E-state index in [0.29, 0.717) is 12.6 Å². The van der Waals surface area contributed by atoms with Gasteiger partial charge < -0.3 is 14.3 Å². The van der Waals surface area contributed by atoms with Crippen molar-refractivity contribution in [3.8, 4) is 0 Å². The normalized spacial score (nSPS) is 34.2. The lowest BCUT2D eigenvalue weighted by molar-refractivity contribution is -0.135. The molecule has 1 aliphatic rings. The van der Waals surface area contributed by atoms with Gasteiger partial charge in [-0.3, -0.25) is 4.79 Å². The predicted molar refractivity (Wildman–Crippen MR) is 26.7 cm³/mol. The smallest absolute Gasteiger partial charge is 0.215 e. The molecule has 9 heavy (non-hydrogen) atoms. The lowest BCUT2D eigenvalue weighted by Gasteiger charge is -1.96. The van der Waals surface area contributed by atoms with Crippen LogP contribution < -0.4 is 0 Å². The van der Waals surface area contributed by atoms with Gasteiger partial charge in [-0.15, -0.1) is 0 Å². The van der Waals surface area contributed by atoms with Gasteiger partial charge in [0.05, 0.1) is 6.61 Å². The third kappa shape index (κ3) is 1.34. The van der Waals surface area contributed by atoms with Crippen LogP contribution >= 0.6 is 0 Å². The maximum atomic E-state index is 9.95. The van der Waals surface area contributed by atoms with Gasteiger partial charge in [-0.05, 0) is 0 Å². The second kappa shape index (κ2) is 2.70. The Morgan fingerprint density at radius 1 is 1.33 bits per heavy atom. The summed E-state index contributed by atoms with van der Waals surface area (Å²) < 4.78 is 9.39. The van der Waals surface area contributed by atoms with Gasteiger partial charge in [0.2, 0.25) is 6.29 Å². The van der Waals surface area contributed by atoms with Gasteiger partial charge in [0.25, 0.3) is 0 Å². The SMILES string of the molecule is O=C[C@@H]1OC[C@H](C=O)O1. The highest BCUT2D eigenvalue weighted by Crippen LogP contribution is 2.06. The Morgan fingerprint density at radius 2 is 2.11 bits per heavy atom. The summed E-state index contributed by atoms with van der Waals surface area (Å²) in [7, 11) is 0. The standard InChI is InChI=1S/C5H6O4/c6-1-4-3-8-5(2-7)9-4/h1-2,4-5H,3H2/t4-,5+/m0/s1. The van der Waals surface area contributed by atoms with E-state index in [-0.39, 0.29) is 6.61 Å². The maximum absolute atomic E-state index is 9.95. The topological polar surface area (TPSA) is 52.6 Å².